The number of hydrazine groups is 1. The summed E-state index contributed by atoms with van der Waals surface area (Å²) in [4.78, 5) is 17.2. The molecule has 0 aromatic heterocycles. The third-order valence-electron chi connectivity index (χ3n) is 3.71. The van der Waals surface area contributed by atoms with Crippen LogP contribution in [0.25, 0.3) is 0 Å². The molecule has 21 heavy (non-hydrogen) atoms. The first-order valence-electron chi connectivity index (χ1n) is 6.88. The lowest BCUT2D eigenvalue weighted by atomic mass is 10.1. The lowest BCUT2D eigenvalue weighted by Gasteiger charge is -2.37. The molecule has 0 spiro atoms. The van der Waals surface area contributed by atoms with Crippen LogP contribution >= 0.6 is 0 Å². The number of benzene rings is 2. The monoisotopic (exact) mass is 279 g/mol. The Morgan fingerprint density at radius 2 is 1.43 bits per heavy atom. The van der Waals surface area contributed by atoms with Crippen molar-refractivity contribution in [1.82, 2.24) is 10.0 Å². The first kappa shape index (κ1) is 13.4. The minimum Gasteiger partial charge on any atom is -0.270 e. The molecule has 2 aromatic carbocycles. The molecule has 0 aliphatic carbocycles. The highest BCUT2D eigenvalue weighted by Gasteiger charge is 2.32. The van der Waals surface area contributed by atoms with Gasteiger partial charge in [0, 0.05) is 19.7 Å². The summed E-state index contributed by atoms with van der Waals surface area (Å²) >= 11 is 0. The van der Waals surface area contributed by atoms with Crippen LogP contribution in [0.3, 0.4) is 0 Å². The van der Waals surface area contributed by atoms with Crippen LogP contribution in [0.4, 0.5) is 0 Å². The molecular formula is C17H17N3O. The Kier molecular flexibility index (Phi) is 3.44. The molecule has 1 aliphatic heterocycles. The van der Waals surface area contributed by atoms with E-state index in [-0.39, 0.29) is 5.91 Å². The van der Waals surface area contributed by atoms with Crippen LogP contribution in [0.1, 0.15) is 17.2 Å². The van der Waals surface area contributed by atoms with E-state index in [1.54, 1.807) is 17.1 Å². The predicted molar refractivity (Wildman–Crippen MR) is 82.7 cm³/mol. The molecule has 0 saturated heterocycles. The second-order valence-corrected chi connectivity index (χ2v) is 5.02. The molecule has 4 nitrogen and oxygen atoms in total. The Hall–Kier alpha value is -2.62. The number of nitrogens with zero attached hydrogens (tertiary/aromatic N) is 3. The van der Waals surface area contributed by atoms with E-state index in [0.717, 1.165) is 17.0 Å². The van der Waals surface area contributed by atoms with Gasteiger partial charge in [-0.1, -0.05) is 60.7 Å². The Bertz CT molecular complexity index is 667. The molecule has 4 heteroatoms. The minimum absolute atomic E-state index is 0.0246. The van der Waals surface area contributed by atoms with Crippen LogP contribution in [0.5, 0.6) is 0 Å². The number of carbonyl (C=O) groups is 1. The maximum Gasteiger partial charge on any atom is 0.270 e. The molecule has 3 rings (SSSR count). The lowest BCUT2D eigenvalue weighted by Crippen LogP contribution is -2.50. The van der Waals surface area contributed by atoms with E-state index in [1.165, 1.54) is 0 Å². The average molecular weight is 279 g/mol. The van der Waals surface area contributed by atoms with Gasteiger partial charge in [0.05, 0.1) is 0 Å². The van der Waals surface area contributed by atoms with Gasteiger partial charge in [-0.05, 0) is 5.56 Å². The van der Waals surface area contributed by atoms with Crippen LogP contribution in [-0.4, -0.2) is 35.9 Å². The molecule has 0 N–H and O–H groups in total. The summed E-state index contributed by atoms with van der Waals surface area (Å²) in [6.45, 7) is 0. The van der Waals surface area contributed by atoms with Crippen molar-refractivity contribution in [3.05, 3.63) is 71.8 Å². The zero-order chi connectivity index (χ0) is 14.8. The molecule has 1 heterocycles. The van der Waals surface area contributed by atoms with Gasteiger partial charge in [-0.3, -0.25) is 14.8 Å². The van der Waals surface area contributed by atoms with Gasteiger partial charge in [0.1, 0.15) is 0 Å². The fourth-order valence-electron chi connectivity index (χ4n) is 2.43. The summed E-state index contributed by atoms with van der Waals surface area (Å²) in [5.74, 6) is 0.773. The minimum atomic E-state index is -0.484. The average Bonchev–Trinajstić information content (AvgIpc) is 2.55. The number of aliphatic imine (C=N–C) groups is 1. The molecule has 2 aromatic rings. The molecule has 0 fully saturated rings. The first-order chi connectivity index (χ1) is 10.2. The highest BCUT2D eigenvalue weighted by Crippen LogP contribution is 2.26. The standard InChI is InChI=1S/C17H17N3O/c1-19-16(14-11-7-4-8-12-14)18-15(17(21)20(19)2)13-9-5-3-6-10-13/h3-12,15H,1-2H3. The zero-order valence-corrected chi connectivity index (χ0v) is 12.1. The van der Waals surface area contributed by atoms with E-state index in [2.05, 4.69) is 4.99 Å². The van der Waals surface area contributed by atoms with Crippen LogP contribution in [0.2, 0.25) is 0 Å². The third kappa shape index (κ3) is 2.40. The van der Waals surface area contributed by atoms with E-state index in [4.69, 9.17) is 0 Å². The molecule has 0 bridgehead atoms. The maximum atomic E-state index is 12.5. The van der Waals surface area contributed by atoms with Crippen LogP contribution < -0.4 is 0 Å². The number of hydrogen-bond acceptors (Lipinski definition) is 3. The topological polar surface area (TPSA) is 35.9 Å². The van der Waals surface area contributed by atoms with Crippen molar-refractivity contribution in [2.75, 3.05) is 14.1 Å². The predicted octanol–water partition coefficient (Wildman–Crippen LogP) is 2.49. The Balaban J connectivity index is 2.08. The first-order valence-corrected chi connectivity index (χ1v) is 6.88. The van der Waals surface area contributed by atoms with E-state index in [0.29, 0.717) is 0 Å². The van der Waals surface area contributed by atoms with Crippen molar-refractivity contribution < 1.29 is 4.79 Å². The van der Waals surface area contributed by atoms with Crippen LogP contribution in [0.15, 0.2) is 65.7 Å². The van der Waals surface area contributed by atoms with Gasteiger partial charge in [-0.2, -0.15) is 0 Å². The lowest BCUT2D eigenvalue weighted by molar-refractivity contribution is -0.141. The van der Waals surface area contributed by atoms with Gasteiger partial charge in [-0.25, -0.2) is 4.99 Å². The van der Waals surface area contributed by atoms with Gasteiger partial charge in [-0.15, -0.1) is 0 Å². The summed E-state index contributed by atoms with van der Waals surface area (Å²) < 4.78 is 0. The molecular weight excluding hydrogens is 262 g/mol. The van der Waals surface area contributed by atoms with Gasteiger partial charge in [0.2, 0.25) is 0 Å². The van der Waals surface area contributed by atoms with Gasteiger partial charge < -0.3 is 0 Å². The fraction of sp³-hybridized carbons (Fsp3) is 0.176. The van der Waals surface area contributed by atoms with Crippen molar-refractivity contribution in [2.24, 2.45) is 4.99 Å². The van der Waals surface area contributed by atoms with Gasteiger partial charge in [0.25, 0.3) is 5.91 Å². The highest BCUT2D eigenvalue weighted by atomic mass is 16.2. The number of amides is 1. The third-order valence-corrected chi connectivity index (χ3v) is 3.71. The van der Waals surface area contributed by atoms with E-state index < -0.39 is 6.04 Å². The summed E-state index contributed by atoms with van der Waals surface area (Å²) in [7, 11) is 3.63. The maximum absolute atomic E-state index is 12.5. The molecule has 1 aliphatic rings. The molecule has 0 radical (unpaired) electrons. The van der Waals surface area contributed by atoms with Gasteiger partial charge in [0.15, 0.2) is 11.9 Å². The van der Waals surface area contributed by atoms with Crippen molar-refractivity contribution in [3.8, 4) is 0 Å². The van der Waals surface area contributed by atoms with E-state index in [1.807, 2.05) is 67.7 Å². The SMILES string of the molecule is CN1C(=O)C(c2ccccc2)N=C(c2ccccc2)N1C. The number of likely N-dealkylation sites (N-methyl/N-ethyl adjacent to an activating group) is 1. The second-order valence-electron chi connectivity index (χ2n) is 5.02. The fourth-order valence-corrected chi connectivity index (χ4v) is 2.43. The Labute approximate surface area is 124 Å². The smallest absolute Gasteiger partial charge is 0.270 e. The quantitative estimate of drug-likeness (QED) is 0.846. The Morgan fingerprint density at radius 1 is 0.857 bits per heavy atom. The number of amidine groups is 1. The van der Waals surface area contributed by atoms with Crippen molar-refractivity contribution in [1.29, 1.82) is 0 Å². The summed E-state index contributed by atoms with van der Waals surface area (Å²) in [6, 6.07) is 19.1. The van der Waals surface area contributed by atoms with Gasteiger partial charge >= 0.3 is 0 Å². The molecule has 1 amide bonds. The largest absolute Gasteiger partial charge is 0.270 e. The summed E-state index contributed by atoms with van der Waals surface area (Å²) in [6.07, 6.45) is 0. The second kappa shape index (κ2) is 5.40. The molecule has 0 saturated carbocycles. The van der Waals surface area contributed by atoms with Crippen molar-refractivity contribution in [2.45, 2.75) is 6.04 Å². The van der Waals surface area contributed by atoms with Crippen molar-refractivity contribution in [3.63, 3.8) is 0 Å². The Morgan fingerprint density at radius 3 is 2.05 bits per heavy atom. The van der Waals surface area contributed by atoms with E-state index >= 15 is 0 Å². The number of rotatable bonds is 2. The normalized spacial score (nSPS) is 18.7. The van der Waals surface area contributed by atoms with Crippen LogP contribution in [-0.2, 0) is 4.79 Å². The zero-order valence-electron chi connectivity index (χ0n) is 12.1. The molecule has 1 unspecified atom stereocenters. The molecule has 106 valence electrons. The van der Waals surface area contributed by atoms with Crippen molar-refractivity contribution >= 4 is 11.7 Å². The van der Waals surface area contributed by atoms with E-state index in [9.17, 15) is 4.79 Å². The number of carbonyl (C=O) groups excluding carboxylic acids is 1. The summed E-state index contributed by atoms with van der Waals surface area (Å²) in [5, 5.41) is 3.41. The highest BCUT2D eigenvalue weighted by molar-refractivity contribution is 6.03. The summed E-state index contributed by atoms with van der Waals surface area (Å²) in [5.41, 5.74) is 1.91. The number of hydrogen-bond donors (Lipinski definition) is 0. The van der Waals surface area contributed by atoms with Crippen LogP contribution in [0, 0.1) is 0 Å². The molecule has 1 atom stereocenters.